The summed E-state index contributed by atoms with van der Waals surface area (Å²) in [6.07, 6.45) is 3.69. The second kappa shape index (κ2) is 4.59. The number of aliphatic imine (C=N–C) groups is 1. The molecule has 6 nitrogen and oxygen atoms in total. The minimum absolute atomic E-state index is 0.100. The fourth-order valence-electron chi connectivity index (χ4n) is 2.06. The minimum atomic E-state index is -1.03. The van der Waals surface area contributed by atoms with Crippen LogP contribution in [-0.2, 0) is 0 Å². The lowest BCUT2D eigenvalue weighted by Crippen LogP contribution is -2.43. The number of amidine groups is 1. The molecule has 0 saturated heterocycles. The van der Waals surface area contributed by atoms with Gasteiger partial charge in [0.05, 0.1) is 0 Å². The standard InChI is InChI=1S/C13H11N5OS/c14-7-9-11(15)17-12(18-16)20-13(9)6-5-8-3-1-2-4-10(8)19-13/h1-6H,15-16H2,(H,17,18). The fraction of sp³-hybridized carbons (Fsp3) is 0.0769. The van der Waals surface area contributed by atoms with Gasteiger partial charge in [0.2, 0.25) is 4.93 Å². The highest BCUT2D eigenvalue weighted by Gasteiger charge is 2.44. The van der Waals surface area contributed by atoms with Crippen molar-refractivity contribution in [2.45, 2.75) is 4.93 Å². The average Bonchev–Trinajstić information content (AvgIpc) is 2.46. The Morgan fingerprint density at radius 1 is 1.40 bits per heavy atom. The third kappa shape index (κ3) is 1.82. The summed E-state index contributed by atoms with van der Waals surface area (Å²) in [4.78, 5) is 2.99. The van der Waals surface area contributed by atoms with E-state index in [1.165, 1.54) is 11.8 Å². The first-order valence-corrected chi connectivity index (χ1v) is 6.62. The van der Waals surface area contributed by atoms with Crippen molar-refractivity contribution < 1.29 is 4.74 Å². The molecule has 0 fully saturated rings. The Morgan fingerprint density at radius 3 is 2.95 bits per heavy atom. The SMILES string of the molecule is N#CC1=C(N)N=C(NN)SC12C=Cc1ccccc1O2. The van der Waals surface area contributed by atoms with Gasteiger partial charge in [0.1, 0.15) is 23.2 Å². The molecule has 20 heavy (non-hydrogen) atoms. The van der Waals surface area contributed by atoms with E-state index in [0.29, 0.717) is 10.9 Å². The van der Waals surface area contributed by atoms with Crippen molar-refractivity contribution in [2.24, 2.45) is 16.6 Å². The highest BCUT2D eigenvalue weighted by molar-refractivity contribution is 8.15. The zero-order valence-corrected chi connectivity index (χ0v) is 11.1. The highest BCUT2D eigenvalue weighted by atomic mass is 32.2. The van der Waals surface area contributed by atoms with Crippen LogP contribution < -0.4 is 21.7 Å². The van der Waals surface area contributed by atoms with Crippen LogP contribution in [0.5, 0.6) is 5.75 Å². The molecule has 1 unspecified atom stereocenters. The second-order valence-corrected chi connectivity index (χ2v) is 5.37. The summed E-state index contributed by atoms with van der Waals surface area (Å²) in [6.45, 7) is 0. The van der Waals surface area contributed by atoms with Gasteiger partial charge < -0.3 is 15.9 Å². The van der Waals surface area contributed by atoms with Gasteiger partial charge in [0.15, 0.2) is 5.17 Å². The van der Waals surface area contributed by atoms with Crippen molar-refractivity contribution in [1.29, 1.82) is 5.26 Å². The Morgan fingerprint density at radius 2 is 2.20 bits per heavy atom. The molecule has 5 N–H and O–H groups in total. The van der Waals surface area contributed by atoms with E-state index in [-0.39, 0.29) is 11.4 Å². The number of nitrogens with two attached hydrogens (primary N) is 2. The third-order valence-electron chi connectivity index (χ3n) is 2.97. The Labute approximate surface area is 119 Å². The van der Waals surface area contributed by atoms with Crippen molar-refractivity contribution in [2.75, 3.05) is 0 Å². The first-order chi connectivity index (χ1) is 9.68. The van der Waals surface area contributed by atoms with Gasteiger partial charge in [-0.05, 0) is 23.9 Å². The first-order valence-electron chi connectivity index (χ1n) is 5.80. The van der Waals surface area contributed by atoms with E-state index in [1.807, 2.05) is 30.3 Å². The summed E-state index contributed by atoms with van der Waals surface area (Å²) < 4.78 is 6.01. The quantitative estimate of drug-likeness (QED) is 0.485. The lowest BCUT2D eigenvalue weighted by molar-refractivity contribution is 0.252. The number of rotatable bonds is 0. The van der Waals surface area contributed by atoms with Crippen molar-refractivity contribution in [3.05, 3.63) is 47.3 Å². The van der Waals surface area contributed by atoms with Crippen LogP contribution in [0.1, 0.15) is 5.56 Å². The molecule has 2 heterocycles. The van der Waals surface area contributed by atoms with E-state index in [1.54, 1.807) is 6.08 Å². The maximum atomic E-state index is 9.35. The summed E-state index contributed by atoms with van der Waals surface area (Å²) in [5, 5.41) is 9.74. The Hall–Kier alpha value is -2.43. The lowest BCUT2D eigenvalue weighted by Gasteiger charge is -2.35. The maximum absolute atomic E-state index is 9.35. The number of benzene rings is 1. The number of thioether (sulfide) groups is 1. The van der Waals surface area contributed by atoms with Crippen LogP contribution in [0.4, 0.5) is 0 Å². The first kappa shape index (κ1) is 12.6. The highest BCUT2D eigenvalue weighted by Crippen LogP contribution is 2.44. The van der Waals surface area contributed by atoms with Gasteiger partial charge in [0.25, 0.3) is 0 Å². The Kier molecular flexibility index (Phi) is 2.89. The van der Waals surface area contributed by atoms with Crippen LogP contribution in [0.15, 0.2) is 46.7 Å². The third-order valence-corrected chi connectivity index (χ3v) is 4.10. The fourth-order valence-corrected chi connectivity index (χ4v) is 3.07. The van der Waals surface area contributed by atoms with Gasteiger partial charge >= 0.3 is 0 Å². The summed E-state index contributed by atoms with van der Waals surface area (Å²) in [5.41, 5.74) is 9.48. The number of ether oxygens (including phenoxy) is 1. The molecule has 3 rings (SSSR count). The summed E-state index contributed by atoms with van der Waals surface area (Å²) in [6, 6.07) is 9.63. The number of hydrazine groups is 1. The molecule has 1 atom stereocenters. The molecule has 1 aromatic rings. The molecule has 1 aromatic carbocycles. The van der Waals surface area contributed by atoms with Crippen LogP contribution >= 0.6 is 11.8 Å². The number of para-hydroxylation sites is 1. The van der Waals surface area contributed by atoms with Crippen LogP contribution in [0.2, 0.25) is 0 Å². The molecular weight excluding hydrogens is 274 g/mol. The van der Waals surface area contributed by atoms with Crippen LogP contribution in [0.25, 0.3) is 6.08 Å². The predicted molar refractivity (Wildman–Crippen MR) is 78.0 cm³/mol. The monoisotopic (exact) mass is 285 g/mol. The van der Waals surface area contributed by atoms with E-state index in [2.05, 4.69) is 16.5 Å². The molecular formula is C13H11N5OS. The normalized spacial score (nSPS) is 23.7. The average molecular weight is 285 g/mol. The Balaban J connectivity index is 2.11. The zero-order chi connectivity index (χ0) is 14.2. The second-order valence-electron chi connectivity index (χ2n) is 4.18. The molecule has 0 amide bonds. The molecule has 7 heteroatoms. The molecule has 0 saturated carbocycles. The summed E-state index contributed by atoms with van der Waals surface area (Å²) in [5.74, 6) is 6.18. The summed E-state index contributed by atoms with van der Waals surface area (Å²) in [7, 11) is 0. The number of nitrogens with zero attached hydrogens (tertiary/aromatic N) is 2. The van der Waals surface area contributed by atoms with E-state index >= 15 is 0 Å². The minimum Gasteiger partial charge on any atom is -0.467 e. The van der Waals surface area contributed by atoms with Gasteiger partial charge in [-0.2, -0.15) is 5.26 Å². The van der Waals surface area contributed by atoms with Crippen LogP contribution in [0.3, 0.4) is 0 Å². The predicted octanol–water partition coefficient (Wildman–Crippen LogP) is 1.05. The molecule has 100 valence electrons. The van der Waals surface area contributed by atoms with Crippen LogP contribution in [0, 0.1) is 11.3 Å². The molecule has 0 bridgehead atoms. The number of fused-ring (bicyclic) bond motifs is 1. The van der Waals surface area contributed by atoms with E-state index in [0.717, 1.165) is 5.56 Å². The maximum Gasteiger partial charge on any atom is 0.219 e. The number of hydrogen-bond donors (Lipinski definition) is 3. The van der Waals surface area contributed by atoms with Crippen LogP contribution in [-0.4, -0.2) is 10.1 Å². The molecule has 0 radical (unpaired) electrons. The summed E-state index contributed by atoms with van der Waals surface area (Å²) >= 11 is 1.20. The van der Waals surface area contributed by atoms with Crippen molar-refractivity contribution in [3.8, 4) is 11.8 Å². The number of nitriles is 1. The smallest absolute Gasteiger partial charge is 0.219 e. The number of hydrogen-bond acceptors (Lipinski definition) is 7. The Bertz CT molecular complexity index is 703. The van der Waals surface area contributed by atoms with Gasteiger partial charge in [-0.15, -0.1) is 0 Å². The van der Waals surface area contributed by atoms with E-state index in [4.69, 9.17) is 16.3 Å². The van der Waals surface area contributed by atoms with Crippen molar-refractivity contribution in [1.82, 2.24) is 5.43 Å². The van der Waals surface area contributed by atoms with Crippen molar-refractivity contribution >= 4 is 23.0 Å². The number of nitrogens with one attached hydrogen (secondary N) is 1. The molecule has 0 aromatic heterocycles. The van der Waals surface area contributed by atoms with Gasteiger partial charge in [-0.25, -0.2) is 10.8 Å². The van der Waals surface area contributed by atoms with Gasteiger partial charge in [-0.3, -0.25) is 0 Å². The molecule has 2 aliphatic heterocycles. The zero-order valence-electron chi connectivity index (χ0n) is 10.3. The van der Waals surface area contributed by atoms with E-state index in [9.17, 15) is 5.26 Å². The lowest BCUT2D eigenvalue weighted by atomic mass is 10.0. The van der Waals surface area contributed by atoms with Crippen molar-refractivity contribution in [3.63, 3.8) is 0 Å². The van der Waals surface area contributed by atoms with E-state index < -0.39 is 4.93 Å². The largest absolute Gasteiger partial charge is 0.467 e. The molecule has 0 aliphatic carbocycles. The molecule has 1 spiro atoms. The van der Waals surface area contributed by atoms with Gasteiger partial charge in [-0.1, -0.05) is 24.3 Å². The topological polar surface area (TPSA) is 109 Å². The van der Waals surface area contributed by atoms with Gasteiger partial charge in [0, 0.05) is 5.56 Å². The molecule has 2 aliphatic rings.